The van der Waals surface area contributed by atoms with Gasteiger partial charge in [0.25, 0.3) is 0 Å². The van der Waals surface area contributed by atoms with E-state index in [1.54, 1.807) is 43.4 Å². The van der Waals surface area contributed by atoms with Gasteiger partial charge in [-0.25, -0.2) is 14.3 Å². The van der Waals surface area contributed by atoms with Gasteiger partial charge in [0.1, 0.15) is 0 Å². The number of benzene rings is 1. The molecule has 0 radical (unpaired) electrons. The normalized spacial score (nSPS) is 16.4. The first-order valence-corrected chi connectivity index (χ1v) is 12.2. The van der Waals surface area contributed by atoms with E-state index in [2.05, 4.69) is 20.8 Å². The second-order valence-electron chi connectivity index (χ2n) is 8.29. The molecule has 2 N–H and O–H groups in total. The van der Waals surface area contributed by atoms with Crippen LogP contribution in [0.15, 0.2) is 46.8 Å². The predicted molar refractivity (Wildman–Crippen MR) is 132 cm³/mol. The number of amides is 1. The van der Waals surface area contributed by atoms with Crippen LogP contribution in [0.4, 0.5) is 13.2 Å². The Morgan fingerprint density at radius 3 is 2.48 bits per heavy atom. The number of halogens is 4. The van der Waals surface area contributed by atoms with Gasteiger partial charge in [0.15, 0.2) is 11.9 Å². The quantitative estimate of drug-likeness (QED) is 0.398. The molecule has 1 aliphatic heterocycles. The number of nitrogens with zero attached hydrogens (tertiary/aromatic N) is 4. The monoisotopic (exact) mass is 586 g/mol. The topological polar surface area (TPSA) is 147 Å². The molecule has 0 saturated heterocycles. The number of methoxy groups -OCH3 is 2. The molecule has 1 aliphatic rings. The average Bonchev–Trinajstić information content (AvgIpc) is 3.36. The van der Waals surface area contributed by atoms with Crippen LogP contribution in [0, 0.1) is 0 Å². The highest BCUT2D eigenvalue weighted by Gasteiger charge is 2.43. The van der Waals surface area contributed by atoms with E-state index in [0.29, 0.717) is 11.3 Å². The summed E-state index contributed by atoms with van der Waals surface area (Å²) >= 11 is 6.51. The van der Waals surface area contributed by atoms with Crippen LogP contribution in [0.2, 0.25) is 5.02 Å². The predicted octanol–water partition coefficient (Wildman–Crippen LogP) is 2.34. The van der Waals surface area contributed by atoms with Crippen molar-refractivity contribution in [1.29, 1.82) is 0 Å². The Bertz CT molecular complexity index is 1340. The summed E-state index contributed by atoms with van der Waals surface area (Å²) in [6.07, 6.45) is -6.26. The number of hydrogen-bond donors (Lipinski definition) is 2. The number of alkyl halides is 3. The van der Waals surface area contributed by atoms with E-state index in [1.165, 1.54) is 14.2 Å². The molecule has 2 aromatic rings. The third kappa shape index (κ3) is 6.42. The summed E-state index contributed by atoms with van der Waals surface area (Å²) in [7, 11) is 2.49. The van der Waals surface area contributed by atoms with Crippen LogP contribution in [0.5, 0.6) is 0 Å². The molecule has 0 saturated carbocycles. The SMILES string of the molecule is CCOC(=O)C1=C(C(OC)c2nnnn2CCNC(=O)C(F)(F)F)NC(C)=C(C(=O)OC)C1c1ccccc1Cl. The zero-order valence-corrected chi connectivity index (χ0v) is 22.6. The number of hydrogen-bond acceptors (Lipinski definition) is 10. The van der Waals surface area contributed by atoms with Crippen LogP contribution in [0.25, 0.3) is 0 Å². The van der Waals surface area contributed by atoms with Crippen molar-refractivity contribution in [3.05, 3.63) is 63.2 Å². The Kier molecular flexibility index (Phi) is 9.87. The van der Waals surface area contributed by atoms with Gasteiger partial charge in [0.2, 0.25) is 0 Å². The third-order valence-corrected chi connectivity index (χ3v) is 6.21. The highest BCUT2D eigenvalue weighted by Crippen LogP contribution is 2.44. The minimum absolute atomic E-state index is 0.00456. The molecular formula is C24H26ClF3N6O6. The smallest absolute Gasteiger partial charge is 0.466 e. The van der Waals surface area contributed by atoms with Gasteiger partial charge in [-0.1, -0.05) is 29.8 Å². The van der Waals surface area contributed by atoms with Gasteiger partial charge in [-0.3, -0.25) is 4.79 Å². The fraction of sp³-hybridized carbons (Fsp3) is 0.417. The molecule has 0 fully saturated rings. The Morgan fingerprint density at radius 1 is 1.18 bits per heavy atom. The number of carbonyl (C=O) groups is 3. The van der Waals surface area contributed by atoms with Gasteiger partial charge in [0.05, 0.1) is 43.0 Å². The van der Waals surface area contributed by atoms with E-state index in [0.717, 1.165) is 4.68 Å². The molecule has 2 unspecified atom stereocenters. The second kappa shape index (κ2) is 12.9. The van der Waals surface area contributed by atoms with Crippen molar-refractivity contribution < 1.29 is 41.8 Å². The highest BCUT2D eigenvalue weighted by molar-refractivity contribution is 6.31. The number of carbonyl (C=O) groups excluding carboxylic acids is 3. The molecule has 0 aliphatic carbocycles. The second-order valence-corrected chi connectivity index (χ2v) is 8.69. The van der Waals surface area contributed by atoms with Gasteiger partial charge in [-0.05, 0) is 35.9 Å². The molecule has 40 heavy (non-hydrogen) atoms. The van der Waals surface area contributed by atoms with Gasteiger partial charge in [0, 0.05) is 24.4 Å². The largest absolute Gasteiger partial charge is 0.471 e. The number of nitrogens with one attached hydrogen (secondary N) is 2. The van der Waals surface area contributed by atoms with E-state index in [4.69, 9.17) is 25.8 Å². The van der Waals surface area contributed by atoms with Gasteiger partial charge >= 0.3 is 24.0 Å². The minimum atomic E-state index is -5.06. The Morgan fingerprint density at radius 2 is 1.88 bits per heavy atom. The summed E-state index contributed by atoms with van der Waals surface area (Å²) in [5, 5.41) is 16.3. The zero-order chi connectivity index (χ0) is 29.6. The van der Waals surface area contributed by atoms with Gasteiger partial charge in [-0.2, -0.15) is 13.2 Å². The Balaban J connectivity index is 2.16. The maximum atomic E-state index is 13.5. The number of aromatic nitrogens is 4. The first-order chi connectivity index (χ1) is 19.0. The molecule has 1 aromatic carbocycles. The van der Waals surface area contributed by atoms with Crippen LogP contribution in [-0.2, 0) is 35.1 Å². The molecule has 16 heteroatoms. The summed E-state index contributed by atoms with van der Waals surface area (Å²) in [5.74, 6) is -4.73. The third-order valence-electron chi connectivity index (χ3n) is 5.87. The summed E-state index contributed by atoms with van der Waals surface area (Å²) in [5.41, 5.74) is 0.847. The van der Waals surface area contributed by atoms with E-state index < -0.39 is 42.6 Å². The van der Waals surface area contributed by atoms with Crippen molar-refractivity contribution >= 4 is 29.4 Å². The van der Waals surface area contributed by atoms with Crippen molar-refractivity contribution in [3.63, 3.8) is 0 Å². The van der Waals surface area contributed by atoms with E-state index in [1.807, 2.05) is 0 Å². The van der Waals surface area contributed by atoms with Crippen molar-refractivity contribution in [2.45, 2.75) is 38.6 Å². The lowest BCUT2D eigenvalue weighted by Gasteiger charge is -2.34. The molecular weight excluding hydrogens is 561 g/mol. The lowest BCUT2D eigenvalue weighted by Crippen LogP contribution is -2.39. The average molecular weight is 587 g/mol. The number of dihydropyridines is 1. The van der Waals surface area contributed by atoms with Crippen molar-refractivity contribution in [1.82, 2.24) is 30.8 Å². The van der Waals surface area contributed by atoms with Crippen molar-refractivity contribution in [2.75, 3.05) is 27.4 Å². The molecule has 3 rings (SSSR count). The number of esters is 2. The maximum Gasteiger partial charge on any atom is 0.471 e. The number of rotatable bonds is 10. The maximum absolute atomic E-state index is 13.5. The molecule has 216 valence electrons. The minimum Gasteiger partial charge on any atom is -0.466 e. The lowest BCUT2D eigenvalue weighted by atomic mass is 9.79. The summed E-state index contributed by atoms with van der Waals surface area (Å²) in [4.78, 5) is 37.6. The molecule has 2 atom stereocenters. The van der Waals surface area contributed by atoms with E-state index in [-0.39, 0.29) is 40.8 Å². The molecule has 1 aromatic heterocycles. The van der Waals surface area contributed by atoms with Crippen LogP contribution in [0.1, 0.15) is 37.3 Å². The Labute approximate surface area is 231 Å². The molecule has 0 spiro atoms. The van der Waals surface area contributed by atoms with Gasteiger partial charge < -0.3 is 24.8 Å². The first kappa shape index (κ1) is 30.6. The number of ether oxygens (including phenoxy) is 3. The first-order valence-electron chi connectivity index (χ1n) is 11.8. The highest BCUT2D eigenvalue weighted by atomic mass is 35.5. The summed E-state index contributed by atoms with van der Waals surface area (Å²) < 4.78 is 54.8. The van der Waals surface area contributed by atoms with Crippen LogP contribution in [0.3, 0.4) is 0 Å². The molecule has 2 heterocycles. The van der Waals surface area contributed by atoms with Crippen molar-refractivity contribution in [2.24, 2.45) is 0 Å². The standard InChI is InChI=1S/C24H26ClF3N6O6/c1-5-40-22(36)17-16(13-8-6-7-9-14(13)25)15(21(35)39-4)12(2)30-18(17)19(38-3)20-31-32-33-34(20)11-10-29-23(37)24(26,27)28/h6-9,16,19,30H,5,10-11H2,1-4H3,(H,29,37). The van der Waals surface area contributed by atoms with Crippen LogP contribution in [-0.4, -0.2) is 71.6 Å². The fourth-order valence-electron chi connectivity index (χ4n) is 4.18. The summed E-state index contributed by atoms with van der Waals surface area (Å²) in [6.45, 7) is 2.46. The molecule has 12 nitrogen and oxygen atoms in total. The fourth-order valence-corrected chi connectivity index (χ4v) is 4.43. The summed E-state index contributed by atoms with van der Waals surface area (Å²) in [6, 6.07) is 6.59. The van der Waals surface area contributed by atoms with Crippen LogP contribution >= 0.6 is 11.6 Å². The lowest BCUT2D eigenvalue weighted by molar-refractivity contribution is -0.173. The zero-order valence-electron chi connectivity index (χ0n) is 21.8. The van der Waals surface area contributed by atoms with Crippen molar-refractivity contribution in [3.8, 4) is 0 Å². The number of tetrazole rings is 1. The molecule has 1 amide bonds. The van der Waals surface area contributed by atoms with E-state index in [9.17, 15) is 27.6 Å². The van der Waals surface area contributed by atoms with Crippen LogP contribution < -0.4 is 10.6 Å². The Hall–Kier alpha value is -3.98. The van der Waals surface area contributed by atoms with Gasteiger partial charge in [-0.15, -0.1) is 5.10 Å². The number of allylic oxidation sites excluding steroid dienone is 1. The molecule has 0 bridgehead atoms. The van der Waals surface area contributed by atoms with E-state index >= 15 is 0 Å².